The molecule has 2 aromatic heterocycles. The van der Waals surface area contributed by atoms with Gasteiger partial charge in [0.1, 0.15) is 16.9 Å². The fourth-order valence-corrected chi connectivity index (χ4v) is 4.29. The highest BCUT2D eigenvalue weighted by Crippen LogP contribution is 2.25. The minimum absolute atomic E-state index is 0.126. The summed E-state index contributed by atoms with van der Waals surface area (Å²) in [5.41, 5.74) is 3.99. The van der Waals surface area contributed by atoms with Crippen molar-refractivity contribution < 1.29 is 9.13 Å². The monoisotopic (exact) mass is 499 g/mol. The lowest BCUT2D eigenvalue weighted by Crippen LogP contribution is -2.34. The molecular formula is C29H30FN5O2. The molecule has 0 saturated heterocycles. The Morgan fingerprint density at radius 1 is 1.14 bits per heavy atom. The van der Waals surface area contributed by atoms with Crippen molar-refractivity contribution in [3.8, 4) is 23.3 Å². The Morgan fingerprint density at radius 3 is 2.49 bits per heavy atom. The lowest BCUT2D eigenvalue weighted by atomic mass is 10.1. The van der Waals surface area contributed by atoms with Gasteiger partial charge in [0.2, 0.25) is 5.62 Å². The van der Waals surface area contributed by atoms with Gasteiger partial charge in [0.25, 0.3) is 5.56 Å². The predicted octanol–water partition coefficient (Wildman–Crippen LogP) is 3.39. The Morgan fingerprint density at radius 2 is 1.86 bits per heavy atom. The van der Waals surface area contributed by atoms with E-state index >= 15 is 0 Å². The van der Waals surface area contributed by atoms with Gasteiger partial charge in [-0.2, -0.15) is 0 Å². The van der Waals surface area contributed by atoms with Crippen molar-refractivity contribution in [2.75, 3.05) is 13.7 Å². The Bertz CT molecular complexity index is 1640. The van der Waals surface area contributed by atoms with Gasteiger partial charge in [-0.15, -0.1) is 11.8 Å². The van der Waals surface area contributed by atoms with Crippen LogP contribution in [0.2, 0.25) is 0 Å². The van der Waals surface area contributed by atoms with E-state index in [1.165, 1.54) is 12.1 Å². The van der Waals surface area contributed by atoms with Gasteiger partial charge in [-0.05, 0) is 69.2 Å². The van der Waals surface area contributed by atoms with Crippen LogP contribution in [0.15, 0.2) is 64.8 Å². The maximum absolute atomic E-state index is 13.5. The molecule has 1 aliphatic rings. The summed E-state index contributed by atoms with van der Waals surface area (Å²) < 4.78 is 24.5. The summed E-state index contributed by atoms with van der Waals surface area (Å²) in [7, 11) is 1.62. The fourth-order valence-electron chi connectivity index (χ4n) is 4.29. The van der Waals surface area contributed by atoms with Gasteiger partial charge in [-0.25, -0.2) is 9.37 Å². The zero-order valence-electron chi connectivity index (χ0n) is 21.7. The molecule has 1 aliphatic heterocycles. The second kappa shape index (κ2) is 11.1. The molecule has 3 heterocycles. The van der Waals surface area contributed by atoms with Crippen LogP contribution in [-0.4, -0.2) is 32.3 Å². The highest BCUT2D eigenvalue weighted by Gasteiger charge is 2.20. The topological polar surface area (TPSA) is 66.3 Å². The van der Waals surface area contributed by atoms with Crippen LogP contribution in [-0.2, 0) is 6.54 Å². The zero-order valence-corrected chi connectivity index (χ0v) is 21.7. The summed E-state index contributed by atoms with van der Waals surface area (Å²) in [6.45, 7) is 8.76. The molecule has 0 N–H and O–H groups in total. The van der Waals surface area contributed by atoms with Crippen LogP contribution < -0.4 is 21.3 Å². The lowest BCUT2D eigenvalue weighted by Gasteiger charge is -2.12. The molecular weight excluding hydrogens is 469 g/mol. The minimum atomic E-state index is -0.303. The molecule has 2 aromatic carbocycles. The third kappa shape index (κ3) is 5.26. The fraction of sp³-hybridized carbons (Fsp3) is 0.276. The minimum Gasteiger partial charge on any atom is -0.495 e. The molecule has 0 bridgehead atoms. The highest BCUT2D eigenvalue weighted by molar-refractivity contribution is 5.58. The standard InChI is InChI=1S/C25H24FN5O2.C4H6/c1-16-14-29(15-28-16)21-9-4-18(13-23(21)33-3)12-22-24(32)31(25-27-10-11-30(22)25)17(2)19-5-7-20(26)8-6-19;1-3-4-2/h4-9,12-15,17H,10-11H2,1-3H3;1-2H3/b22-12-;. The molecule has 0 aliphatic carbocycles. The third-order valence-corrected chi connectivity index (χ3v) is 6.25. The van der Waals surface area contributed by atoms with E-state index in [1.54, 1.807) is 30.1 Å². The maximum Gasteiger partial charge on any atom is 0.277 e. The molecule has 1 atom stereocenters. The van der Waals surface area contributed by atoms with Gasteiger partial charge < -0.3 is 13.9 Å². The second-order valence-corrected chi connectivity index (χ2v) is 8.62. The van der Waals surface area contributed by atoms with Crippen LogP contribution in [0.5, 0.6) is 5.75 Å². The molecule has 0 radical (unpaired) electrons. The number of nitrogens with zero attached hydrogens (tertiary/aromatic N) is 5. The number of aromatic nitrogens is 4. The number of hydrogen-bond acceptors (Lipinski definition) is 4. The summed E-state index contributed by atoms with van der Waals surface area (Å²) >= 11 is 0. The van der Waals surface area contributed by atoms with Gasteiger partial charge in [-0.3, -0.25) is 14.4 Å². The molecule has 7 nitrogen and oxygen atoms in total. The molecule has 0 amide bonds. The Labute approximate surface area is 215 Å². The molecule has 1 unspecified atom stereocenters. The Kier molecular flexibility index (Phi) is 7.73. The van der Waals surface area contributed by atoms with Crippen LogP contribution >= 0.6 is 0 Å². The van der Waals surface area contributed by atoms with Gasteiger partial charge in [0.15, 0.2) is 0 Å². The van der Waals surface area contributed by atoms with E-state index in [-0.39, 0.29) is 17.4 Å². The molecule has 0 fully saturated rings. The average Bonchev–Trinajstić information content (AvgIpc) is 3.62. The van der Waals surface area contributed by atoms with Crippen molar-refractivity contribution in [2.24, 2.45) is 4.99 Å². The lowest BCUT2D eigenvalue weighted by molar-refractivity contribution is 0.413. The van der Waals surface area contributed by atoms with Gasteiger partial charge in [0.05, 0.1) is 37.4 Å². The normalized spacial score (nSPS) is 13.1. The summed E-state index contributed by atoms with van der Waals surface area (Å²) in [6.07, 6.45) is 5.54. The second-order valence-electron chi connectivity index (χ2n) is 8.62. The van der Waals surface area contributed by atoms with E-state index in [2.05, 4.69) is 21.8 Å². The van der Waals surface area contributed by atoms with Crippen molar-refractivity contribution in [3.63, 3.8) is 0 Å². The first-order valence-electron chi connectivity index (χ1n) is 12.0. The van der Waals surface area contributed by atoms with Crippen LogP contribution in [0.1, 0.15) is 43.6 Å². The number of halogens is 1. The number of ether oxygens (including phenoxy) is 1. The van der Waals surface area contributed by atoms with Crippen LogP contribution in [0.4, 0.5) is 4.39 Å². The SMILES string of the molecule is CC#CC.COc1cc(/C=c2/c(=O)n(C(C)c3ccc(F)cc3)c3n2CCN=3)ccc1-n1cnc(C)c1. The maximum atomic E-state index is 13.5. The predicted molar refractivity (Wildman–Crippen MR) is 142 cm³/mol. The van der Waals surface area contributed by atoms with E-state index in [0.717, 1.165) is 22.5 Å². The molecule has 5 rings (SSSR count). The van der Waals surface area contributed by atoms with Crippen LogP contribution in [0.3, 0.4) is 0 Å². The van der Waals surface area contributed by atoms with Gasteiger partial charge in [0, 0.05) is 12.7 Å². The number of rotatable bonds is 5. The van der Waals surface area contributed by atoms with Crippen molar-refractivity contribution in [2.45, 2.75) is 40.3 Å². The zero-order chi connectivity index (χ0) is 26.5. The first-order valence-corrected chi connectivity index (χ1v) is 12.0. The smallest absolute Gasteiger partial charge is 0.277 e. The van der Waals surface area contributed by atoms with Gasteiger partial charge in [-0.1, -0.05) is 18.2 Å². The Hall–Kier alpha value is -4.38. The number of fused-ring (bicyclic) bond motifs is 1. The van der Waals surface area contributed by atoms with Crippen molar-refractivity contribution >= 4 is 6.08 Å². The number of imidazole rings is 2. The largest absolute Gasteiger partial charge is 0.495 e. The molecule has 8 heteroatoms. The molecule has 4 aromatic rings. The summed E-state index contributed by atoms with van der Waals surface area (Å²) in [5.74, 6) is 5.74. The molecule has 37 heavy (non-hydrogen) atoms. The number of aryl methyl sites for hydroxylation is 1. The highest BCUT2D eigenvalue weighted by atomic mass is 19.1. The van der Waals surface area contributed by atoms with Crippen LogP contribution in [0, 0.1) is 24.6 Å². The van der Waals surface area contributed by atoms with Crippen molar-refractivity contribution in [1.82, 2.24) is 18.7 Å². The van der Waals surface area contributed by atoms with E-state index in [4.69, 9.17) is 4.74 Å². The third-order valence-electron chi connectivity index (χ3n) is 6.25. The molecule has 0 spiro atoms. The van der Waals surface area contributed by atoms with E-state index in [0.29, 0.717) is 29.8 Å². The number of hydrogen-bond donors (Lipinski definition) is 0. The van der Waals surface area contributed by atoms with E-state index in [1.807, 2.05) is 67.3 Å². The Balaban J connectivity index is 0.000000747. The number of benzene rings is 2. The first kappa shape index (κ1) is 25.7. The molecule has 0 saturated carbocycles. The van der Waals surface area contributed by atoms with Crippen LogP contribution in [0.25, 0.3) is 11.8 Å². The molecule has 190 valence electrons. The quantitative estimate of drug-likeness (QED) is 0.396. The summed E-state index contributed by atoms with van der Waals surface area (Å²) in [4.78, 5) is 22.3. The summed E-state index contributed by atoms with van der Waals surface area (Å²) in [6, 6.07) is 11.8. The van der Waals surface area contributed by atoms with E-state index < -0.39 is 0 Å². The van der Waals surface area contributed by atoms with E-state index in [9.17, 15) is 9.18 Å². The average molecular weight is 500 g/mol. The summed E-state index contributed by atoms with van der Waals surface area (Å²) in [5, 5.41) is 0.563. The van der Waals surface area contributed by atoms with Gasteiger partial charge >= 0.3 is 0 Å². The van der Waals surface area contributed by atoms with Crippen molar-refractivity contribution in [1.29, 1.82) is 0 Å². The van der Waals surface area contributed by atoms with Crippen molar-refractivity contribution in [3.05, 3.63) is 98.9 Å². The first-order chi connectivity index (χ1) is 17.9. The number of methoxy groups -OCH3 is 1.